The lowest BCUT2D eigenvalue weighted by Gasteiger charge is -2.21. The molecule has 26 heavy (non-hydrogen) atoms. The van der Waals surface area contributed by atoms with Gasteiger partial charge < -0.3 is 5.32 Å². The van der Waals surface area contributed by atoms with Crippen LogP contribution in [-0.4, -0.2) is 6.54 Å². The molecule has 1 nitrogen and oxygen atoms in total. The minimum Gasteiger partial charge on any atom is -0.304 e. The van der Waals surface area contributed by atoms with E-state index in [9.17, 15) is 0 Å². The predicted molar refractivity (Wildman–Crippen MR) is 111 cm³/mol. The van der Waals surface area contributed by atoms with Crippen LogP contribution in [0.4, 0.5) is 0 Å². The monoisotopic (exact) mass is 339 g/mol. The first-order valence-corrected chi connectivity index (χ1v) is 9.75. The lowest BCUT2D eigenvalue weighted by atomic mass is 9.82. The largest absolute Gasteiger partial charge is 0.304 e. The van der Waals surface area contributed by atoms with Crippen LogP contribution in [0.3, 0.4) is 0 Å². The highest BCUT2D eigenvalue weighted by Gasteiger charge is 2.48. The molecule has 0 amide bonds. The number of hydrogen-bond acceptors (Lipinski definition) is 1. The number of hydrogen-bond donors (Lipinski definition) is 1. The number of rotatable bonds is 4. The molecule has 3 aliphatic rings. The number of fused-ring (bicyclic) bond motifs is 2. The molecule has 0 aromatic heterocycles. The molecule has 2 aliphatic carbocycles. The van der Waals surface area contributed by atoms with Crippen molar-refractivity contribution in [3.63, 3.8) is 0 Å². The van der Waals surface area contributed by atoms with Gasteiger partial charge in [-0.3, -0.25) is 0 Å². The molecule has 1 unspecified atom stereocenters. The van der Waals surface area contributed by atoms with E-state index in [1.165, 1.54) is 39.0 Å². The Balaban J connectivity index is 1.83. The molecule has 1 N–H and O–H groups in total. The summed E-state index contributed by atoms with van der Waals surface area (Å²) >= 11 is 0. The van der Waals surface area contributed by atoms with E-state index in [1.807, 2.05) is 6.08 Å². The SMILES string of the molecule is C=C/C=C1\c2c1c(C1(C)CN1)c1c(c2-c2cccc(CC)c2)C=CCC1. The summed E-state index contributed by atoms with van der Waals surface area (Å²) in [6.07, 6.45) is 12.2. The fourth-order valence-electron chi connectivity index (χ4n) is 4.61. The Bertz CT molecular complexity index is 999. The normalized spacial score (nSPS) is 23.5. The average Bonchev–Trinajstić information content (AvgIpc) is 3.58. The molecule has 2 aromatic rings. The van der Waals surface area contributed by atoms with Crippen LogP contribution in [-0.2, 0) is 18.4 Å². The van der Waals surface area contributed by atoms with Gasteiger partial charge in [-0.15, -0.1) is 0 Å². The molecule has 1 heteroatoms. The molecule has 0 spiro atoms. The van der Waals surface area contributed by atoms with E-state index in [0.29, 0.717) is 0 Å². The Kier molecular flexibility index (Phi) is 3.39. The second-order valence-electron chi connectivity index (χ2n) is 7.89. The Labute approximate surface area is 156 Å². The Morgan fingerprint density at radius 3 is 2.81 bits per heavy atom. The maximum atomic E-state index is 3.95. The highest BCUT2D eigenvalue weighted by Crippen LogP contribution is 2.58. The van der Waals surface area contributed by atoms with Crippen LogP contribution in [0.1, 0.15) is 53.6 Å². The summed E-state index contributed by atoms with van der Waals surface area (Å²) in [5.41, 5.74) is 13.2. The molecule has 0 saturated carbocycles. The Hall–Kier alpha value is -2.38. The third kappa shape index (κ3) is 2.20. The Morgan fingerprint density at radius 1 is 1.23 bits per heavy atom. The van der Waals surface area contributed by atoms with Crippen LogP contribution >= 0.6 is 0 Å². The van der Waals surface area contributed by atoms with E-state index >= 15 is 0 Å². The quantitative estimate of drug-likeness (QED) is 0.612. The van der Waals surface area contributed by atoms with Gasteiger partial charge >= 0.3 is 0 Å². The van der Waals surface area contributed by atoms with Gasteiger partial charge in [-0.1, -0.05) is 62.1 Å². The second kappa shape index (κ2) is 5.56. The van der Waals surface area contributed by atoms with Gasteiger partial charge in [-0.2, -0.15) is 0 Å². The van der Waals surface area contributed by atoms with Crippen molar-refractivity contribution >= 4 is 11.6 Å². The standard InChI is InChI=1S/C25H25N/c1-4-9-20-22-21(17-11-8-10-16(5-2)14-17)18-12-6-7-13-19(18)24(23(20)22)25(3)15-26-25/h4,6,8-12,14,26H,1,5,7,13,15H2,2-3H3/b20-9+. The fourth-order valence-corrected chi connectivity index (χ4v) is 4.61. The van der Waals surface area contributed by atoms with Crippen LogP contribution < -0.4 is 5.32 Å². The summed E-state index contributed by atoms with van der Waals surface area (Å²) in [6, 6.07) is 9.09. The lowest BCUT2D eigenvalue weighted by Crippen LogP contribution is -2.14. The maximum absolute atomic E-state index is 3.95. The first kappa shape index (κ1) is 15.8. The molecule has 0 radical (unpaired) electrons. The van der Waals surface area contributed by atoms with E-state index in [4.69, 9.17) is 0 Å². The van der Waals surface area contributed by atoms with Gasteiger partial charge in [0.05, 0.1) is 5.54 Å². The van der Waals surface area contributed by atoms with Crippen molar-refractivity contribution in [3.8, 4) is 11.1 Å². The maximum Gasteiger partial charge on any atom is 0.0542 e. The first-order valence-electron chi connectivity index (χ1n) is 9.75. The molecule has 5 rings (SSSR count). The molecule has 2 aromatic carbocycles. The van der Waals surface area contributed by atoms with Gasteiger partial charge in [0.15, 0.2) is 0 Å². The summed E-state index contributed by atoms with van der Waals surface area (Å²) < 4.78 is 0. The third-order valence-corrected chi connectivity index (χ3v) is 6.14. The molecular weight excluding hydrogens is 314 g/mol. The first-order chi connectivity index (χ1) is 12.7. The zero-order chi connectivity index (χ0) is 17.9. The summed E-state index contributed by atoms with van der Waals surface area (Å²) in [5.74, 6) is 0. The molecule has 1 heterocycles. The topological polar surface area (TPSA) is 21.9 Å². The van der Waals surface area contributed by atoms with Crippen molar-refractivity contribution in [1.82, 2.24) is 5.32 Å². The summed E-state index contributed by atoms with van der Waals surface area (Å²) in [5, 5.41) is 3.61. The van der Waals surface area contributed by atoms with E-state index in [2.05, 4.69) is 68.2 Å². The molecular formula is C25H25N. The van der Waals surface area contributed by atoms with E-state index < -0.39 is 0 Å². The van der Waals surface area contributed by atoms with Crippen molar-refractivity contribution in [2.75, 3.05) is 6.54 Å². The molecule has 1 atom stereocenters. The number of benzene rings is 2. The zero-order valence-corrected chi connectivity index (χ0v) is 15.7. The third-order valence-electron chi connectivity index (χ3n) is 6.14. The van der Waals surface area contributed by atoms with Crippen LogP contribution in [0.25, 0.3) is 22.8 Å². The van der Waals surface area contributed by atoms with Gasteiger partial charge in [0, 0.05) is 6.54 Å². The molecule has 1 saturated heterocycles. The highest BCUT2D eigenvalue weighted by molar-refractivity contribution is 6.12. The van der Waals surface area contributed by atoms with Crippen molar-refractivity contribution in [2.24, 2.45) is 0 Å². The minimum absolute atomic E-state index is 0.153. The lowest BCUT2D eigenvalue weighted by molar-refractivity contribution is 0.744. The molecule has 130 valence electrons. The number of allylic oxidation sites excluding steroid dienone is 3. The summed E-state index contributed by atoms with van der Waals surface area (Å²) in [7, 11) is 0. The number of aryl methyl sites for hydroxylation is 1. The summed E-state index contributed by atoms with van der Waals surface area (Å²) in [6.45, 7) is 9.62. The van der Waals surface area contributed by atoms with Crippen molar-refractivity contribution < 1.29 is 0 Å². The van der Waals surface area contributed by atoms with Crippen molar-refractivity contribution in [3.05, 3.63) is 82.5 Å². The minimum atomic E-state index is 0.153. The van der Waals surface area contributed by atoms with Crippen LogP contribution in [0.5, 0.6) is 0 Å². The van der Waals surface area contributed by atoms with E-state index in [-0.39, 0.29) is 5.54 Å². The Morgan fingerprint density at radius 2 is 2.08 bits per heavy atom. The predicted octanol–water partition coefficient (Wildman–Crippen LogP) is 5.62. The van der Waals surface area contributed by atoms with Crippen LogP contribution in [0, 0.1) is 0 Å². The molecule has 0 bridgehead atoms. The average molecular weight is 339 g/mol. The second-order valence-corrected chi connectivity index (χ2v) is 7.89. The number of nitrogens with one attached hydrogen (secondary N) is 1. The zero-order valence-electron chi connectivity index (χ0n) is 15.7. The molecule has 1 fully saturated rings. The van der Waals surface area contributed by atoms with Gasteiger partial charge in [-0.25, -0.2) is 0 Å². The van der Waals surface area contributed by atoms with Gasteiger partial charge in [0.25, 0.3) is 0 Å². The fraction of sp³-hybridized carbons (Fsp3) is 0.280. The summed E-state index contributed by atoms with van der Waals surface area (Å²) in [4.78, 5) is 0. The highest BCUT2D eigenvalue weighted by atomic mass is 15.2. The van der Waals surface area contributed by atoms with E-state index in [0.717, 1.165) is 25.8 Å². The van der Waals surface area contributed by atoms with Gasteiger partial charge in [0.1, 0.15) is 0 Å². The van der Waals surface area contributed by atoms with Gasteiger partial charge in [-0.05, 0) is 76.3 Å². The van der Waals surface area contributed by atoms with Crippen LogP contribution in [0.2, 0.25) is 0 Å². The molecule has 1 aliphatic heterocycles. The van der Waals surface area contributed by atoms with E-state index in [1.54, 1.807) is 11.1 Å². The van der Waals surface area contributed by atoms with Crippen LogP contribution in [0.15, 0.2) is 49.1 Å². The smallest absolute Gasteiger partial charge is 0.0542 e. The van der Waals surface area contributed by atoms with Crippen molar-refractivity contribution in [2.45, 2.75) is 38.6 Å². The van der Waals surface area contributed by atoms with Gasteiger partial charge in [0.2, 0.25) is 0 Å². The van der Waals surface area contributed by atoms with Crippen molar-refractivity contribution in [1.29, 1.82) is 0 Å².